The fourth-order valence-corrected chi connectivity index (χ4v) is 3.34. The van der Waals surface area contributed by atoms with Gasteiger partial charge in [0.2, 0.25) is 10.0 Å². The zero-order chi connectivity index (χ0) is 15.6. The van der Waals surface area contributed by atoms with Crippen LogP contribution in [-0.2, 0) is 10.0 Å². The highest BCUT2D eigenvalue weighted by Gasteiger charge is 2.22. The van der Waals surface area contributed by atoms with Crippen LogP contribution in [-0.4, -0.2) is 20.9 Å². The molecule has 0 aliphatic heterocycles. The van der Waals surface area contributed by atoms with Gasteiger partial charge < -0.3 is 5.32 Å². The highest BCUT2D eigenvalue weighted by Crippen LogP contribution is 2.29. The minimum absolute atomic E-state index is 0.0893. The summed E-state index contributed by atoms with van der Waals surface area (Å²) in [6, 6.07) is 3.15. The molecule has 0 aromatic heterocycles. The van der Waals surface area contributed by atoms with Gasteiger partial charge in [0.1, 0.15) is 10.7 Å². The zero-order valence-corrected chi connectivity index (χ0v) is 12.6. The lowest BCUT2D eigenvalue weighted by Crippen LogP contribution is -2.28. The Balaban J connectivity index is 2.06. The molecule has 3 N–H and O–H groups in total. The molecule has 116 valence electrons. The Kier molecular flexibility index (Phi) is 4.63. The molecule has 1 saturated carbocycles. The Labute approximate surface area is 123 Å². The molecule has 1 fully saturated rings. The van der Waals surface area contributed by atoms with E-state index in [0.717, 1.165) is 31.4 Å². The van der Waals surface area contributed by atoms with E-state index in [-0.39, 0.29) is 5.56 Å². The van der Waals surface area contributed by atoms with Gasteiger partial charge in [0.05, 0.1) is 0 Å². The van der Waals surface area contributed by atoms with Crippen LogP contribution in [0.15, 0.2) is 23.1 Å². The Morgan fingerprint density at radius 3 is 2.71 bits per heavy atom. The van der Waals surface area contributed by atoms with Gasteiger partial charge >= 0.3 is 0 Å². The van der Waals surface area contributed by atoms with Crippen molar-refractivity contribution in [3.63, 3.8) is 0 Å². The van der Waals surface area contributed by atoms with E-state index < -0.39 is 26.6 Å². The number of carbonyl (C=O) groups is 1. The first-order valence-electron chi connectivity index (χ1n) is 6.88. The first-order valence-corrected chi connectivity index (χ1v) is 8.42. The summed E-state index contributed by atoms with van der Waals surface area (Å²) in [5.41, 5.74) is 0.0893. The quantitative estimate of drug-likeness (QED) is 0.885. The number of amides is 1. The minimum atomic E-state index is -4.18. The van der Waals surface area contributed by atoms with Crippen LogP contribution in [0.25, 0.3) is 0 Å². The maximum Gasteiger partial charge on any atom is 0.251 e. The Morgan fingerprint density at radius 1 is 1.43 bits per heavy atom. The molecule has 1 aliphatic carbocycles. The second-order valence-electron chi connectivity index (χ2n) is 5.68. The van der Waals surface area contributed by atoms with Crippen molar-refractivity contribution in [1.29, 1.82) is 0 Å². The van der Waals surface area contributed by atoms with Crippen LogP contribution >= 0.6 is 0 Å². The molecule has 0 heterocycles. The molecule has 1 aromatic carbocycles. The summed E-state index contributed by atoms with van der Waals surface area (Å²) in [4.78, 5) is 11.3. The second kappa shape index (κ2) is 6.11. The largest absolute Gasteiger partial charge is 0.352 e. The van der Waals surface area contributed by atoms with Crippen LogP contribution in [0.1, 0.15) is 36.5 Å². The first kappa shape index (κ1) is 15.9. The molecular formula is C14H19FN2O3S. The zero-order valence-electron chi connectivity index (χ0n) is 11.8. The van der Waals surface area contributed by atoms with Crippen LogP contribution in [0.4, 0.5) is 4.39 Å². The minimum Gasteiger partial charge on any atom is -0.352 e. The van der Waals surface area contributed by atoms with Crippen molar-refractivity contribution in [2.24, 2.45) is 17.0 Å². The van der Waals surface area contributed by atoms with Gasteiger partial charge in [-0.1, -0.05) is 13.3 Å². The summed E-state index contributed by atoms with van der Waals surface area (Å²) >= 11 is 0. The van der Waals surface area contributed by atoms with Crippen molar-refractivity contribution in [1.82, 2.24) is 5.32 Å². The summed E-state index contributed by atoms with van der Waals surface area (Å²) in [6.45, 7) is 2.73. The molecule has 5 nitrogen and oxygen atoms in total. The van der Waals surface area contributed by atoms with E-state index in [1.54, 1.807) is 0 Å². The van der Waals surface area contributed by atoms with Crippen molar-refractivity contribution >= 4 is 15.9 Å². The molecule has 1 aromatic rings. The number of halogens is 1. The number of hydrogen-bond donors (Lipinski definition) is 2. The average Bonchev–Trinajstić information content (AvgIpc) is 2.81. The highest BCUT2D eigenvalue weighted by atomic mass is 32.2. The van der Waals surface area contributed by atoms with Gasteiger partial charge in [0.25, 0.3) is 5.91 Å². The molecule has 0 radical (unpaired) electrons. The van der Waals surface area contributed by atoms with Crippen molar-refractivity contribution in [3.8, 4) is 0 Å². The van der Waals surface area contributed by atoms with Gasteiger partial charge in [0.15, 0.2) is 0 Å². The first-order chi connectivity index (χ1) is 9.77. The lowest BCUT2D eigenvalue weighted by atomic mass is 10.1. The number of hydrogen-bond acceptors (Lipinski definition) is 3. The van der Waals surface area contributed by atoms with Gasteiger partial charge in [0, 0.05) is 12.1 Å². The maximum atomic E-state index is 13.4. The Morgan fingerprint density at radius 2 is 2.14 bits per heavy atom. The second-order valence-corrected chi connectivity index (χ2v) is 7.21. The summed E-state index contributed by atoms with van der Waals surface area (Å²) in [6.07, 6.45) is 3.31. The number of carbonyl (C=O) groups excluding carboxylic acids is 1. The normalized spacial score (nSPS) is 22.2. The number of rotatable bonds is 4. The van der Waals surface area contributed by atoms with Gasteiger partial charge in [-0.3, -0.25) is 4.79 Å². The molecule has 2 atom stereocenters. The average molecular weight is 314 g/mol. The van der Waals surface area contributed by atoms with E-state index in [1.807, 2.05) is 0 Å². The number of nitrogens with two attached hydrogens (primary N) is 1. The molecule has 0 spiro atoms. The monoisotopic (exact) mass is 314 g/mol. The van der Waals surface area contributed by atoms with Gasteiger partial charge in [-0.25, -0.2) is 17.9 Å². The molecule has 2 unspecified atom stereocenters. The van der Waals surface area contributed by atoms with Crippen LogP contribution in [0, 0.1) is 17.7 Å². The predicted molar refractivity (Wildman–Crippen MR) is 76.6 cm³/mol. The number of primary sulfonamides is 1. The van der Waals surface area contributed by atoms with E-state index in [2.05, 4.69) is 12.2 Å². The molecule has 21 heavy (non-hydrogen) atoms. The van der Waals surface area contributed by atoms with Crippen LogP contribution in [0.5, 0.6) is 0 Å². The van der Waals surface area contributed by atoms with Crippen LogP contribution < -0.4 is 10.5 Å². The van der Waals surface area contributed by atoms with E-state index in [0.29, 0.717) is 18.4 Å². The SMILES string of the molecule is CC1CCC(CNC(=O)c2ccc(F)c(S(N)(=O)=O)c2)C1. The molecule has 0 bridgehead atoms. The maximum absolute atomic E-state index is 13.4. The molecule has 1 aliphatic rings. The van der Waals surface area contributed by atoms with E-state index in [9.17, 15) is 17.6 Å². The fourth-order valence-electron chi connectivity index (χ4n) is 2.71. The molecule has 2 rings (SSSR count). The lowest BCUT2D eigenvalue weighted by Gasteiger charge is -2.11. The summed E-state index contributed by atoms with van der Waals surface area (Å²) in [5, 5.41) is 7.68. The Bertz CT molecular complexity index is 646. The van der Waals surface area contributed by atoms with E-state index in [1.165, 1.54) is 6.07 Å². The lowest BCUT2D eigenvalue weighted by molar-refractivity contribution is 0.0947. The van der Waals surface area contributed by atoms with Gasteiger partial charge in [-0.15, -0.1) is 0 Å². The fraction of sp³-hybridized carbons (Fsp3) is 0.500. The van der Waals surface area contributed by atoms with Crippen molar-refractivity contribution in [2.75, 3.05) is 6.54 Å². The van der Waals surface area contributed by atoms with Crippen molar-refractivity contribution < 1.29 is 17.6 Å². The molecule has 1 amide bonds. The molecular weight excluding hydrogens is 295 g/mol. The number of nitrogens with one attached hydrogen (secondary N) is 1. The van der Waals surface area contributed by atoms with Gasteiger partial charge in [-0.05, 0) is 42.9 Å². The Hall–Kier alpha value is -1.47. The predicted octanol–water partition coefficient (Wildman–Crippen LogP) is 1.64. The topological polar surface area (TPSA) is 89.3 Å². The van der Waals surface area contributed by atoms with Gasteiger partial charge in [-0.2, -0.15) is 0 Å². The van der Waals surface area contributed by atoms with E-state index in [4.69, 9.17) is 5.14 Å². The van der Waals surface area contributed by atoms with Crippen LogP contribution in [0.3, 0.4) is 0 Å². The third-order valence-corrected chi connectivity index (χ3v) is 4.78. The molecule has 7 heteroatoms. The summed E-state index contributed by atoms with van der Waals surface area (Å²) < 4.78 is 35.9. The standard InChI is InChI=1S/C14H19FN2O3S/c1-9-2-3-10(6-9)8-17-14(18)11-4-5-12(15)13(7-11)21(16,19)20/h4-5,7,9-10H,2-3,6,8H2,1H3,(H,17,18)(H2,16,19,20). The third-order valence-electron chi connectivity index (χ3n) is 3.85. The number of sulfonamides is 1. The summed E-state index contributed by atoms with van der Waals surface area (Å²) in [5.74, 6) is -0.257. The third kappa shape index (κ3) is 4.01. The summed E-state index contributed by atoms with van der Waals surface area (Å²) in [7, 11) is -4.18. The van der Waals surface area contributed by atoms with Crippen LogP contribution in [0.2, 0.25) is 0 Å². The highest BCUT2D eigenvalue weighted by molar-refractivity contribution is 7.89. The smallest absolute Gasteiger partial charge is 0.251 e. The van der Waals surface area contributed by atoms with Crippen molar-refractivity contribution in [3.05, 3.63) is 29.6 Å². The van der Waals surface area contributed by atoms with Crippen molar-refractivity contribution in [2.45, 2.75) is 31.1 Å². The molecule has 0 saturated heterocycles. The van der Waals surface area contributed by atoms with E-state index >= 15 is 0 Å². The number of benzene rings is 1.